The van der Waals surface area contributed by atoms with E-state index in [-0.39, 0.29) is 12.1 Å². The van der Waals surface area contributed by atoms with E-state index in [1.807, 2.05) is 0 Å². The van der Waals surface area contributed by atoms with Crippen LogP contribution in [0.1, 0.15) is 74.1 Å². The van der Waals surface area contributed by atoms with Crippen molar-refractivity contribution in [1.82, 2.24) is 0 Å². The minimum atomic E-state index is 0.119. The van der Waals surface area contributed by atoms with E-state index in [0.717, 1.165) is 23.7 Å². The van der Waals surface area contributed by atoms with Gasteiger partial charge in [0.25, 0.3) is 6.71 Å². The summed E-state index contributed by atoms with van der Waals surface area (Å²) in [5.74, 6) is 3.82. The normalized spacial score (nSPS) is 26.8. The van der Waals surface area contributed by atoms with Crippen molar-refractivity contribution in [3.05, 3.63) is 125 Å². The Morgan fingerprint density at radius 3 is 2.06 bits per heavy atom. The maximum atomic E-state index is 2.70. The van der Waals surface area contributed by atoms with Crippen LogP contribution in [0.2, 0.25) is 0 Å². The zero-order valence-corrected chi connectivity index (χ0v) is 27.7. The molecule has 47 heavy (non-hydrogen) atoms. The molecule has 3 heteroatoms. The molecule has 0 amide bonds. The van der Waals surface area contributed by atoms with Gasteiger partial charge in [-0.15, -0.1) is 0 Å². The fourth-order valence-electron chi connectivity index (χ4n) is 12.0. The zero-order chi connectivity index (χ0) is 31.2. The summed E-state index contributed by atoms with van der Waals surface area (Å²) in [4.78, 5) is 5.26. The molecule has 4 saturated carbocycles. The summed E-state index contributed by atoms with van der Waals surface area (Å²) in [5.41, 5.74) is 18.6. The van der Waals surface area contributed by atoms with Gasteiger partial charge >= 0.3 is 0 Å². The molecule has 5 aromatic rings. The molecule has 4 fully saturated rings. The topological polar surface area (TPSA) is 6.48 Å². The fraction of sp³-hybridized carbons (Fsp3) is 0.318. The largest absolute Gasteiger partial charge is 0.311 e. The maximum absolute atomic E-state index is 2.70. The van der Waals surface area contributed by atoms with Gasteiger partial charge in [0.05, 0.1) is 5.69 Å². The first-order valence-corrected chi connectivity index (χ1v) is 18.2. The molecule has 12 rings (SSSR count). The van der Waals surface area contributed by atoms with Gasteiger partial charge in [-0.3, -0.25) is 0 Å². The van der Waals surface area contributed by atoms with Gasteiger partial charge < -0.3 is 9.80 Å². The van der Waals surface area contributed by atoms with Crippen LogP contribution in [-0.4, -0.2) is 6.71 Å². The molecule has 4 aliphatic carbocycles. The molecular weight excluding hydrogens is 567 g/mol. The van der Waals surface area contributed by atoms with E-state index in [1.165, 1.54) is 93.7 Å². The Bertz CT molecular complexity index is 2120. The van der Waals surface area contributed by atoms with Crippen molar-refractivity contribution < 1.29 is 0 Å². The first kappa shape index (κ1) is 26.8. The summed E-state index contributed by atoms with van der Waals surface area (Å²) < 4.78 is 0. The molecule has 4 bridgehead atoms. The summed E-state index contributed by atoms with van der Waals surface area (Å²) in [6, 6.07) is 40.6. The molecule has 0 saturated heterocycles. The van der Waals surface area contributed by atoms with E-state index in [4.69, 9.17) is 0 Å². The van der Waals surface area contributed by atoms with E-state index in [2.05, 4.69) is 134 Å². The first-order valence-electron chi connectivity index (χ1n) is 18.2. The van der Waals surface area contributed by atoms with Crippen LogP contribution < -0.4 is 26.2 Å². The highest BCUT2D eigenvalue weighted by Crippen LogP contribution is 2.69. The number of hydrogen-bond acceptors (Lipinski definition) is 2. The molecule has 5 aromatic carbocycles. The van der Waals surface area contributed by atoms with Crippen LogP contribution in [0.3, 0.4) is 0 Å². The van der Waals surface area contributed by atoms with Crippen LogP contribution in [0.5, 0.6) is 0 Å². The minimum absolute atomic E-state index is 0.119. The molecule has 7 aliphatic rings. The van der Waals surface area contributed by atoms with Crippen LogP contribution in [0.15, 0.2) is 103 Å². The van der Waals surface area contributed by atoms with E-state index < -0.39 is 0 Å². The van der Waals surface area contributed by atoms with Crippen molar-refractivity contribution in [2.75, 3.05) is 9.80 Å². The van der Waals surface area contributed by atoms with Gasteiger partial charge in [-0.1, -0.05) is 80.6 Å². The average molecular weight is 609 g/mol. The predicted molar refractivity (Wildman–Crippen MR) is 197 cm³/mol. The van der Waals surface area contributed by atoms with Crippen LogP contribution in [0.4, 0.5) is 34.1 Å². The molecule has 1 spiro atoms. The third-order valence-corrected chi connectivity index (χ3v) is 13.4. The number of aryl methyl sites for hydroxylation is 1. The maximum Gasteiger partial charge on any atom is 0.252 e. The second kappa shape index (κ2) is 9.22. The SMILES string of the molecule is Cc1cccc(N2c3cc(C(C)C)ccc3B3c4cccc5c4N(c4ccccc4C54C5CC6CC(C5)CC4C6)c4cccc2c43)c1. The Morgan fingerprint density at radius 2 is 1.30 bits per heavy atom. The first-order chi connectivity index (χ1) is 23.0. The Labute approximate surface area is 279 Å². The monoisotopic (exact) mass is 608 g/mol. The van der Waals surface area contributed by atoms with E-state index in [0.29, 0.717) is 5.92 Å². The van der Waals surface area contributed by atoms with Gasteiger partial charge in [0.1, 0.15) is 0 Å². The molecular formula is C44H41BN2. The Morgan fingerprint density at radius 1 is 0.617 bits per heavy atom. The summed E-state index contributed by atoms with van der Waals surface area (Å²) in [5, 5.41) is 0. The van der Waals surface area contributed by atoms with Crippen molar-refractivity contribution in [3.8, 4) is 0 Å². The third-order valence-electron chi connectivity index (χ3n) is 13.4. The number of nitrogens with zero attached hydrogens (tertiary/aromatic N) is 2. The highest BCUT2D eigenvalue weighted by atomic mass is 15.2. The Balaban J connectivity index is 1.23. The van der Waals surface area contributed by atoms with Crippen molar-refractivity contribution in [2.24, 2.45) is 23.7 Å². The van der Waals surface area contributed by atoms with Crippen molar-refractivity contribution >= 4 is 57.2 Å². The zero-order valence-electron chi connectivity index (χ0n) is 27.7. The molecule has 0 unspecified atom stereocenters. The second-order valence-corrected chi connectivity index (χ2v) is 16.1. The van der Waals surface area contributed by atoms with Crippen LogP contribution in [-0.2, 0) is 5.41 Å². The number of anilines is 6. The highest BCUT2D eigenvalue weighted by molar-refractivity contribution is 7.00. The van der Waals surface area contributed by atoms with Crippen LogP contribution in [0.25, 0.3) is 0 Å². The quantitative estimate of drug-likeness (QED) is 0.181. The van der Waals surface area contributed by atoms with Crippen LogP contribution >= 0.6 is 0 Å². The van der Waals surface area contributed by atoms with E-state index >= 15 is 0 Å². The highest BCUT2D eigenvalue weighted by Gasteiger charge is 2.62. The lowest BCUT2D eigenvalue weighted by Crippen LogP contribution is -2.64. The third kappa shape index (κ3) is 3.29. The van der Waals surface area contributed by atoms with Gasteiger partial charge in [-0.2, -0.15) is 0 Å². The fourth-order valence-corrected chi connectivity index (χ4v) is 12.0. The summed E-state index contributed by atoms with van der Waals surface area (Å²) in [7, 11) is 0. The van der Waals surface area contributed by atoms with Crippen molar-refractivity contribution in [1.29, 1.82) is 0 Å². The molecule has 0 aromatic heterocycles. The number of benzene rings is 5. The number of fused-ring (bicyclic) bond motifs is 6. The van der Waals surface area contributed by atoms with Crippen LogP contribution in [0, 0.1) is 30.6 Å². The van der Waals surface area contributed by atoms with Gasteiger partial charge in [-0.05, 0) is 144 Å². The number of para-hydroxylation sites is 2. The Hall–Kier alpha value is -4.24. The summed E-state index contributed by atoms with van der Waals surface area (Å²) in [6.07, 6.45) is 7.10. The molecule has 3 heterocycles. The number of rotatable bonds is 2. The minimum Gasteiger partial charge on any atom is -0.311 e. The molecule has 0 N–H and O–H groups in total. The average Bonchev–Trinajstić information content (AvgIpc) is 3.08. The van der Waals surface area contributed by atoms with Crippen molar-refractivity contribution in [3.63, 3.8) is 0 Å². The van der Waals surface area contributed by atoms with Gasteiger partial charge in [0, 0.05) is 33.9 Å². The molecule has 2 nitrogen and oxygen atoms in total. The molecule has 0 atom stereocenters. The number of hydrogen-bond donors (Lipinski definition) is 0. The summed E-state index contributed by atoms with van der Waals surface area (Å²) >= 11 is 0. The lowest BCUT2D eigenvalue weighted by atomic mass is 9.32. The van der Waals surface area contributed by atoms with Gasteiger partial charge in [-0.25, -0.2) is 0 Å². The lowest BCUT2D eigenvalue weighted by molar-refractivity contribution is -0.0419. The lowest BCUT2D eigenvalue weighted by Gasteiger charge is -2.64. The van der Waals surface area contributed by atoms with Gasteiger partial charge in [0.2, 0.25) is 0 Å². The van der Waals surface area contributed by atoms with E-state index in [9.17, 15) is 0 Å². The van der Waals surface area contributed by atoms with Gasteiger partial charge in [0.15, 0.2) is 0 Å². The smallest absolute Gasteiger partial charge is 0.252 e. The van der Waals surface area contributed by atoms with E-state index in [1.54, 1.807) is 11.1 Å². The summed E-state index contributed by atoms with van der Waals surface area (Å²) in [6.45, 7) is 7.05. The Kier molecular flexibility index (Phi) is 5.26. The standard InChI is InChI=1S/C44H41BN2/c1-26(2)30-17-18-36-41(25-30)46(33-10-6-9-27(3)19-33)39-15-8-16-40-42(39)45(36)37-13-7-12-35-43(37)47(40)38-14-5-4-11-34(38)44(35)31-21-28-20-29(23-31)24-32(44)22-28/h4-19,25-26,28-29,31-32H,20-24H2,1-3H3. The predicted octanol–water partition coefficient (Wildman–Crippen LogP) is 9.26. The second-order valence-electron chi connectivity index (χ2n) is 16.1. The molecule has 230 valence electrons. The van der Waals surface area contributed by atoms with Crippen molar-refractivity contribution in [2.45, 2.75) is 64.2 Å². The molecule has 3 aliphatic heterocycles. The molecule has 0 radical (unpaired) electrons.